The highest BCUT2D eigenvalue weighted by Crippen LogP contribution is 2.28. The van der Waals surface area contributed by atoms with Crippen LogP contribution in [0.5, 0.6) is 0 Å². The minimum atomic E-state index is -0.239. The summed E-state index contributed by atoms with van der Waals surface area (Å²) in [6.07, 6.45) is 1.92. The van der Waals surface area contributed by atoms with Crippen LogP contribution < -0.4 is 5.32 Å². The Labute approximate surface area is 146 Å². The van der Waals surface area contributed by atoms with Gasteiger partial charge in [0.2, 0.25) is 0 Å². The molecule has 1 heterocycles. The number of aliphatic hydroxyl groups is 1. The van der Waals surface area contributed by atoms with Gasteiger partial charge in [0.1, 0.15) is 5.82 Å². The molecule has 0 saturated carbocycles. The van der Waals surface area contributed by atoms with Gasteiger partial charge in [-0.1, -0.05) is 34.1 Å². The summed E-state index contributed by atoms with van der Waals surface area (Å²) in [6, 6.07) is 1.75. The summed E-state index contributed by atoms with van der Waals surface area (Å²) in [5.74, 6) is 0.692. The lowest BCUT2D eigenvalue weighted by atomic mass is 9.92. The molecule has 0 bridgehead atoms. The van der Waals surface area contributed by atoms with Crippen LogP contribution in [0.3, 0.4) is 0 Å². The Kier molecular flexibility index (Phi) is 6.84. The number of urea groups is 1. The molecule has 1 aromatic heterocycles. The van der Waals surface area contributed by atoms with E-state index >= 15 is 0 Å². The molecule has 0 radical (unpaired) electrons. The predicted molar refractivity (Wildman–Crippen MR) is 98.5 cm³/mol. The molecule has 2 amide bonds. The smallest absolute Gasteiger partial charge is 0.323 e. The van der Waals surface area contributed by atoms with E-state index in [0.29, 0.717) is 18.9 Å². The van der Waals surface area contributed by atoms with Crippen molar-refractivity contribution in [3.05, 3.63) is 11.8 Å². The average molecular weight is 338 g/mol. The number of carbonyl (C=O) groups excluding carboxylic acids is 1. The summed E-state index contributed by atoms with van der Waals surface area (Å²) in [5, 5.41) is 16.9. The summed E-state index contributed by atoms with van der Waals surface area (Å²) < 4.78 is 1.86. The van der Waals surface area contributed by atoms with Crippen LogP contribution in [0.2, 0.25) is 0 Å². The number of anilines is 1. The van der Waals surface area contributed by atoms with Gasteiger partial charge in [-0.15, -0.1) is 0 Å². The van der Waals surface area contributed by atoms with E-state index < -0.39 is 0 Å². The van der Waals surface area contributed by atoms with Crippen LogP contribution in [0.1, 0.15) is 67.0 Å². The van der Waals surface area contributed by atoms with Crippen molar-refractivity contribution in [2.45, 2.75) is 72.3 Å². The van der Waals surface area contributed by atoms with E-state index in [2.05, 4.69) is 53.8 Å². The summed E-state index contributed by atoms with van der Waals surface area (Å²) in [5.41, 5.74) is 0.607. The van der Waals surface area contributed by atoms with Gasteiger partial charge in [-0.2, -0.15) is 5.10 Å². The molecule has 2 N–H and O–H groups in total. The highest BCUT2D eigenvalue weighted by molar-refractivity contribution is 5.88. The van der Waals surface area contributed by atoms with Gasteiger partial charge in [0, 0.05) is 24.6 Å². The molecule has 0 aliphatic carbocycles. The van der Waals surface area contributed by atoms with Gasteiger partial charge >= 0.3 is 6.03 Å². The zero-order valence-electron chi connectivity index (χ0n) is 16.3. The molecule has 24 heavy (non-hydrogen) atoms. The van der Waals surface area contributed by atoms with Crippen LogP contribution in [-0.2, 0) is 11.0 Å². The summed E-state index contributed by atoms with van der Waals surface area (Å²) in [4.78, 5) is 14.3. The lowest BCUT2D eigenvalue weighted by Crippen LogP contribution is -2.39. The summed E-state index contributed by atoms with van der Waals surface area (Å²) in [6.45, 7) is 15.5. The van der Waals surface area contributed by atoms with Crippen molar-refractivity contribution < 1.29 is 9.90 Å². The second kappa shape index (κ2) is 8.01. The van der Waals surface area contributed by atoms with Crippen molar-refractivity contribution in [3.63, 3.8) is 0 Å². The highest BCUT2D eigenvalue weighted by atomic mass is 16.3. The quantitative estimate of drug-likeness (QED) is 0.833. The van der Waals surface area contributed by atoms with Gasteiger partial charge in [-0.25, -0.2) is 9.48 Å². The van der Waals surface area contributed by atoms with Gasteiger partial charge in [0.25, 0.3) is 0 Å². The van der Waals surface area contributed by atoms with Crippen molar-refractivity contribution in [2.75, 3.05) is 25.0 Å². The molecular formula is C18H34N4O2. The number of unbranched alkanes of at least 4 members (excludes halogenated alkanes) is 1. The first-order valence-electron chi connectivity index (χ1n) is 8.78. The normalized spacial score (nSPS) is 12.3. The maximum absolute atomic E-state index is 12.6. The van der Waals surface area contributed by atoms with Crippen LogP contribution in [0, 0.1) is 0 Å². The van der Waals surface area contributed by atoms with Crippen LogP contribution in [0.4, 0.5) is 10.6 Å². The predicted octanol–water partition coefficient (Wildman–Crippen LogP) is 3.56. The first-order chi connectivity index (χ1) is 11.0. The monoisotopic (exact) mass is 338 g/mol. The molecule has 0 unspecified atom stereocenters. The van der Waals surface area contributed by atoms with Crippen molar-refractivity contribution in [1.82, 2.24) is 14.7 Å². The number of nitrogens with zero attached hydrogens (tertiary/aromatic N) is 3. The number of nitrogens with one attached hydrogen (secondary N) is 1. The van der Waals surface area contributed by atoms with Crippen molar-refractivity contribution in [2.24, 2.45) is 0 Å². The Morgan fingerprint density at radius 3 is 2.33 bits per heavy atom. The fourth-order valence-corrected chi connectivity index (χ4v) is 2.32. The summed E-state index contributed by atoms with van der Waals surface area (Å²) >= 11 is 0. The number of rotatable bonds is 6. The Hall–Kier alpha value is -1.56. The number of hydrogen-bond acceptors (Lipinski definition) is 3. The standard InChI is InChI=1S/C18H34N4O2/c1-8-9-10-21(11-12-23)16(24)19-15-13-14(17(2,3)4)20-22(15)18(5,6)7/h13,23H,8-12H2,1-7H3,(H,19,24). The van der Waals surface area contributed by atoms with Crippen LogP contribution in [0.15, 0.2) is 6.07 Å². The number of amides is 2. The number of carbonyl (C=O) groups is 1. The van der Waals surface area contributed by atoms with E-state index in [1.807, 2.05) is 10.7 Å². The molecule has 0 saturated heterocycles. The first kappa shape index (κ1) is 20.5. The molecule has 1 aromatic rings. The fourth-order valence-electron chi connectivity index (χ4n) is 2.32. The van der Waals surface area contributed by atoms with E-state index in [0.717, 1.165) is 18.5 Å². The number of aliphatic hydroxyl groups excluding tert-OH is 1. The highest BCUT2D eigenvalue weighted by Gasteiger charge is 2.26. The molecule has 6 heteroatoms. The van der Waals surface area contributed by atoms with Gasteiger partial charge in [0.15, 0.2) is 0 Å². The lowest BCUT2D eigenvalue weighted by molar-refractivity contribution is 0.187. The topological polar surface area (TPSA) is 70.4 Å². The third kappa shape index (κ3) is 5.51. The molecule has 0 aromatic carbocycles. The molecular weight excluding hydrogens is 304 g/mol. The van der Waals surface area contributed by atoms with Gasteiger partial charge < -0.3 is 10.0 Å². The molecule has 1 rings (SSSR count). The zero-order chi connectivity index (χ0) is 18.5. The second-order valence-electron chi connectivity index (χ2n) is 8.24. The maximum atomic E-state index is 12.6. The third-order valence-electron chi connectivity index (χ3n) is 3.79. The van der Waals surface area contributed by atoms with E-state index in [1.165, 1.54) is 0 Å². The van der Waals surface area contributed by atoms with Crippen molar-refractivity contribution in [1.29, 1.82) is 0 Å². The Bertz CT molecular complexity index is 538. The summed E-state index contributed by atoms with van der Waals surface area (Å²) in [7, 11) is 0. The number of aromatic nitrogens is 2. The third-order valence-corrected chi connectivity index (χ3v) is 3.79. The van der Waals surface area contributed by atoms with E-state index in [4.69, 9.17) is 5.10 Å². The minimum Gasteiger partial charge on any atom is -0.395 e. The molecule has 138 valence electrons. The fraction of sp³-hybridized carbons (Fsp3) is 0.778. The number of hydrogen-bond donors (Lipinski definition) is 2. The van der Waals surface area contributed by atoms with E-state index in [9.17, 15) is 9.90 Å². The van der Waals surface area contributed by atoms with Crippen LogP contribution in [0.25, 0.3) is 0 Å². The largest absolute Gasteiger partial charge is 0.395 e. The van der Waals surface area contributed by atoms with Gasteiger partial charge in [-0.3, -0.25) is 5.32 Å². The molecule has 0 fully saturated rings. The zero-order valence-corrected chi connectivity index (χ0v) is 16.3. The molecule has 0 aliphatic heterocycles. The average Bonchev–Trinajstić information content (AvgIpc) is 2.87. The Morgan fingerprint density at radius 2 is 1.88 bits per heavy atom. The van der Waals surface area contributed by atoms with Crippen molar-refractivity contribution in [3.8, 4) is 0 Å². The molecule has 0 aliphatic rings. The molecule has 6 nitrogen and oxygen atoms in total. The van der Waals surface area contributed by atoms with Gasteiger partial charge in [-0.05, 0) is 27.2 Å². The Morgan fingerprint density at radius 1 is 1.25 bits per heavy atom. The maximum Gasteiger partial charge on any atom is 0.323 e. The van der Waals surface area contributed by atoms with Gasteiger partial charge in [0.05, 0.1) is 17.8 Å². The lowest BCUT2D eigenvalue weighted by Gasteiger charge is -2.25. The second-order valence-corrected chi connectivity index (χ2v) is 8.24. The van der Waals surface area contributed by atoms with Crippen LogP contribution >= 0.6 is 0 Å². The van der Waals surface area contributed by atoms with E-state index in [1.54, 1.807) is 4.90 Å². The molecule has 0 spiro atoms. The Balaban J connectivity index is 3.07. The molecule has 0 atom stereocenters. The van der Waals surface area contributed by atoms with Crippen molar-refractivity contribution >= 4 is 11.8 Å². The first-order valence-corrected chi connectivity index (χ1v) is 8.78. The van der Waals surface area contributed by atoms with E-state index in [-0.39, 0.29) is 23.6 Å². The minimum absolute atomic E-state index is 0.0388. The van der Waals surface area contributed by atoms with Crippen LogP contribution in [-0.4, -0.2) is 45.5 Å². The SMILES string of the molecule is CCCCN(CCO)C(=O)Nc1cc(C(C)(C)C)nn1C(C)(C)C.